The monoisotopic (exact) mass is 331 g/mol. The van der Waals surface area contributed by atoms with Crippen molar-refractivity contribution in [1.29, 1.82) is 0 Å². The Kier molecular flexibility index (Phi) is 3.02. The van der Waals surface area contributed by atoms with Crippen LogP contribution in [0.3, 0.4) is 0 Å². The van der Waals surface area contributed by atoms with Gasteiger partial charge < -0.3 is 5.73 Å². The molecule has 8 heteroatoms. The molecule has 2 aromatic carbocycles. The Balaban J connectivity index is 1.91. The molecule has 0 amide bonds. The van der Waals surface area contributed by atoms with Crippen LogP contribution in [0, 0.1) is 0 Å². The first-order valence-electron chi connectivity index (χ1n) is 7.18. The van der Waals surface area contributed by atoms with Gasteiger partial charge in [-0.1, -0.05) is 24.3 Å². The van der Waals surface area contributed by atoms with E-state index in [0.29, 0.717) is 17.0 Å². The number of nitrogens with one attached hydrogen (secondary N) is 1. The molecule has 1 unspecified atom stereocenters. The molecule has 24 heavy (non-hydrogen) atoms. The number of rotatable bonds is 1. The number of para-hydroxylation sites is 2. The number of alkyl halides is 3. The van der Waals surface area contributed by atoms with Crippen molar-refractivity contribution in [2.75, 3.05) is 5.32 Å². The van der Waals surface area contributed by atoms with E-state index in [0.717, 1.165) is 17.6 Å². The summed E-state index contributed by atoms with van der Waals surface area (Å²) in [6.07, 6.45) is -5.13. The normalized spacial score (nSPS) is 17.3. The maximum Gasteiger partial charge on any atom is 0.416 e. The Bertz CT molecular complexity index is 958. The number of aromatic nitrogens is 2. The summed E-state index contributed by atoms with van der Waals surface area (Å²) in [4.78, 5) is 8.70. The Hall–Kier alpha value is -3.03. The summed E-state index contributed by atoms with van der Waals surface area (Å²) < 4.78 is 40.8. The molecular formula is C16H12F3N5. The molecule has 122 valence electrons. The van der Waals surface area contributed by atoms with E-state index in [1.54, 1.807) is 10.6 Å². The van der Waals surface area contributed by atoms with Crippen LogP contribution in [0.1, 0.15) is 17.3 Å². The second-order valence-corrected chi connectivity index (χ2v) is 5.43. The van der Waals surface area contributed by atoms with E-state index >= 15 is 0 Å². The zero-order valence-corrected chi connectivity index (χ0v) is 12.2. The van der Waals surface area contributed by atoms with Crippen molar-refractivity contribution in [2.45, 2.75) is 12.3 Å². The predicted octanol–water partition coefficient (Wildman–Crippen LogP) is 3.34. The molecule has 1 aliphatic rings. The number of hydrogen-bond acceptors (Lipinski definition) is 4. The minimum absolute atomic E-state index is 0.111. The average molecular weight is 331 g/mol. The van der Waals surface area contributed by atoms with Gasteiger partial charge in [-0.25, -0.2) is 9.98 Å². The van der Waals surface area contributed by atoms with Crippen LogP contribution in [0.25, 0.3) is 11.0 Å². The number of imidazole rings is 1. The van der Waals surface area contributed by atoms with E-state index < -0.39 is 17.9 Å². The Morgan fingerprint density at radius 1 is 1.08 bits per heavy atom. The van der Waals surface area contributed by atoms with Gasteiger partial charge >= 0.3 is 6.18 Å². The highest BCUT2D eigenvalue weighted by Crippen LogP contribution is 2.35. The van der Waals surface area contributed by atoms with Crippen molar-refractivity contribution in [1.82, 2.24) is 9.55 Å². The first-order valence-corrected chi connectivity index (χ1v) is 7.18. The third-order valence-electron chi connectivity index (χ3n) is 3.85. The van der Waals surface area contributed by atoms with Crippen molar-refractivity contribution >= 4 is 22.9 Å². The Morgan fingerprint density at radius 3 is 2.67 bits per heavy atom. The second kappa shape index (κ2) is 4.98. The topological polar surface area (TPSA) is 68.2 Å². The molecule has 0 fully saturated rings. The van der Waals surface area contributed by atoms with E-state index in [1.807, 2.05) is 24.3 Å². The summed E-state index contributed by atoms with van der Waals surface area (Å²) in [5, 5.41) is 2.85. The first kappa shape index (κ1) is 14.6. The molecule has 4 rings (SSSR count). The lowest BCUT2D eigenvalue weighted by molar-refractivity contribution is -0.137. The molecule has 0 saturated heterocycles. The summed E-state index contributed by atoms with van der Waals surface area (Å²) in [6.45, 7) is 0. The van der Waals surface area contributed by atoms with Gasteiger partial charge in [-0.2, -0.15) is 13.2 Å². The molecule has 0 spiro atoms. The number of benzene rings is 2. The summed E-state index contributed by atoms with van der Waals surface area (Å²) in [6, 6.07) is 12.4. The Morgan fingerprint density at radius 2 is 1.88 bits per heavy atom. The van der Waals surface area contributed by atoms with Crippen LogP contribution in [0.4, 0.5) is 19.1 Å². The van der Waals surface area contributed by atoms with Gasteiger partial charge in [0, 0.05) is 0 Å². The van der Waals surface area contributed by atoms with Crippen molar-refractivity contribution in [3.8, 4) is 0 Å². The van der Waals surface area contributed by atoms with Gasteiger partial charge in [-0.3, -0.25) is 9.88 Å². The molecule has 3 aromatic rings. The lowest BCUT2D eigenvalue weighted by Gasteiger charge is -2.24. The van der Waals surface area contributed by atoms with Crippen LogP contribution < -0.4 is 11.1 Å². The van der Waals surface area contributed by atoms with Crippen LogP contribution >= 0.6 is 0 Å². The molecule has 0 aliphatic carbocycles. The van der Waals surface area contributed by atoms with Crippen molar-refractivity contribution in [2.24, 2.45) is 10.7 Å². The van der Waals surface area contributed by atoms with Crippen molar-refractivity contribution < 1.29 is 13.2 Å². The molecule has 2 heterocycles. The minimum atomic E-state index is -4.42. The van der Waals surface area contributed by atoms with Crippen molar-refractivity contribution in [3.63, 3.8) is 0 Å². The maximum atomic E-state index is 13.0. The molecule has 0 radical (unpaired) electrons. The van der Waals surface area contributed by atoms with E-state index in [9.17, 15) is 13.2 Å². The molecule has 1 aliphatic heterocycles. The summed E-state index contributed by atoms with van der Waals surface area (Å²) in [5.41, 5.74) is 6.92. The fourth-order valence-electron chi connectivity index (χ4n) is 2.82. The third-order valence-corrected chi connectivity index (χ3v) is 3.85. The summed E-state index contributed by atoms with van der Waals surface area (Å²) >= 11 is 0. The standard InChI is InChI=1S/C16H12F3N5/c17-16(18,19)10-5-3-4-9(8-10)13-22-14(20)23-15-21-11-6-1-2-7-12(11)24(13)15/h1-8,13H,(H3,20,21,22,23). The number of hydrogen-bond donors (Lipinski definition) is 2. The van der Waals surface area contributed by atoms with Gasteiger partial charge in [0.2, 0.25) is 5.95 Å². The van der Waals surface area contributed by atoms with Gasteiger partial charge in [0.1, 0.15) is 0 Å². The van der Waals surface area contributed by atoms with Gasteiger partial charge in [0.05, 0.1) is 16.6 Å². The average Bonchev–Trinajstić information content (AvgIpc) is 2.91. The molecule has 0 saturated carbocycles. The SMILES string of the molecule is NC1=NC(c2cccc(C(F)(F)F)c2)n2c(nc3ccccc32)N1. The van der Waals surface area contributed by atoms with Gasteiger partial charge in [0.15, 0.2) is 12.1 Å². The fraction of sp³-hybridized carbons (Fsp3) is 0.125. The van der Waals surface area contributed by atoms with Crippen LogP contribution in [-0.4, -0.2) is 15.5 Å². The number of halogens is 3. The fourth-order valence-corrected chi connectivity index (χ4v) is 2.82. The van der Waals surface area contributed by atoms with Crippen LogP contribution in [0.15, 0.2) is 53.5 Å². The highest BCUT2D eigenvalue weighted by molar-refractivity contribution is 5.94. The van der Waals surface area contributed by atoms with Crippen LogP contribution in [0.5, 0.6) is 0 Å². The Labute approximate surface area is 134 Å². The van der Waals surface area contributed by atoms with E-state index in [-0.39, 0.29) is 5.96 Å². The van der Waals surface area contributed by atoms with Crippen molar-refractivity contribution in [3.05, 3.63) is 59.7 Å². The molecule has 1 atom stereocenters. The minimum Gasteiger partial charge on any atom is -0.370 e. The number of anilines is 1. The lowest BCUT2D eigenvalue weighted by Crippen LogP contribution is -2.31. The van der Waals surface area contributed by atoms with Crippen LogP contribution in [0.2, 0.25) is 0 Å². The van der Waals surface area contributed by atoms with E-state index in [1.165, 1.54) is 6.07 Å². The lowest BCUT2D eigenvalue weighted by atomic mass is 10.1. The maximum absolute atomic E-state index is 13.0. The number of fused-ring (bicyclic) bond motifs is 3. The number of guanidine groups is 1. The zero-order chi connectivity index (χ0) is 16.9. The summed E-state index contributed by atoms with van der Waals surface area (Å²) in [7, 11) is 0. The number of nitrogens with zero attached hydrogens (tertiary/aromatic N) is 3. The molecule has 1 aromatic heterocycles. The molecule has 3 N–H and O–H groups in total. The first-order chi connectivity index (χ1) is 11.4. The van der Waals surface area contributed by atoms with Crippen LogP contribution in [-0.2, 0) is 6.18 Å². The van der Waals surface area contributed by atoms with Gasteiger partial charge in [0.25, 0.3) is 0 Å². The molecule has 0 bridgehead atoms. The predicted molar refractivity (Wildman–Crippen MR) is 84.6 cm³/mol. The highest BCUT2D eigenvalue weighted by atomic mass is 19.4. The smallest absolute Gasteiger partial charge is 0.370 e. The van der Waals surface area contributed by atoms with Gasteiger partial charge in [-0.15, -0.1) is 0 Å². The zero-order valence-electron chi connectivity index (χ0n) is 12.2. The molecule has 5 nitrogen and oxygen atoms in total. The summed E-state index contributed by atoms with van der Waals surface area (Å²) in [5.74, 6) is 0.561. The number of nitrogens with two attached hydrogens (primary N) is 1. The highest BCUT2D eigenvalue weighted by Gasteiger charge is 2.32. The van der Waals surface area contributed by atoms with E-state index in [2.05, 4.69) is 15.3 Å². The largest absolute Gasteiger partial charge is 0.416 e. The molecular weight excluding hydrogens is 319 g/mol. The van der Waals surface area contributed by atoms with Gasteiger partial charge in [-0.05, 0) is 29.8 Å². The number of aliphatic imine (C=N–C) groups is 1. The third kappa shape index (κ3) is 2.27. The quantitative estimate of drug-likeness (QED) is 0.718. The second-order valence-electron chi connectivity index (χ2n) is 5.43. The van der Waals surface area contributed by atoms with E-state index in [4.69, 9.17) is 5.73 Å².